The summed E-state index contributed by atoms with van der Waals surface area (Å²) in [5, 5.41) is 5.95. The number of hydroxylamine groups is 2. The lowest BCUT2D eigenvalue weighted by molar-refractivity contribution is -0.151. The topological polar surface area (TPSA) is 135 Å². The zero-order valence-electron chi connectivity index (χ0n) is 28.4. The standard InChI is InChI=1S/C35H54N4O6/c1-21(2)16-30(44-38-32(40)18-23(5)6)34(42)36-28-13-10-26(11-14-28)27-12-15-29(25(9)20-27)37-35(43)31(17-22(3)4)45-39-33(41)19-24(7)8/h10-15,20-25,29-31H,16-19H2,1-9H3,(H,36,42)(H,37,43)(H,38,40)(H,39,41)/t25?,29?,30?,31-/m1/s1. The molecule has 1 aromatic carbocycles. The van der Waals surface area contributed by atoms with Crippen LogP contribution in [0.25, 0.3) is 5.57 Å². The molecule has 0 aromatic heterocycles. The van der Waals surface area contributed by atoms with E-state index in [-0.39, 0.29) is 59.3 Å². The van der Waals surface area contributed by atoms with Crippen LogP contribution in [0.5, 0.6) is 0 Å². The molecule has 45 heavy (non-hydrogen) atoms. The second-order valence-electron chi connectivity index (χ2n) is 13.7. The van der Waals surface area contributed by atoms with Crippen LogP contribution in [-0.4, -0.2) is 41.9 Å². The SMILES string of the molecule is CC(C)CC(=O)NOC(CC(C)C)C(=O)Nc1ccc(C2=CC(C)C(NC(=O)[C@@H](CC(C)C)ONC(=O)CC(C)C)C=C2)cc1. The van der Waals surface area contributed by atoms with Crippen molar-refractivity contribution in [3.63, 3.8) is 0 Å². The molecule has 4 N–H and O–H groups in total. The zero-order valence-corrected chi connectivity index (χ0v) is 28.4. The van der Waals surface area contributed by atoms with E-state index in [0.29, 0.717) is 31.4 Å². The van der Waals surface area contributed by atoms with Crippen molar-refractivity contribution in [3.05, 3.63) is 48.1 Å². The maximum atomic E-state index is 13.1. The molecule has 1 aliphatic rings. The Morgan fingerprint density at radius 2 is 1.20 bits per heavy atom. The molecular weight excluding hydrogens is 572 g/mol. The Morgan fingerprint density at radius 3 is 1.64 bits per heavy atom. The summed E-state index contributed by atoms with van der Waals surface area (Å²) in [5.74, 6) is -0.339. The Hall–Kier alpha value is -3.50. The molecule has 0 saturated heterocycles. The van der Waals surface area contributed by atoms with Crippen LogP contribution in [0.3, 0.4) is 0 Å². The second kappa shape index (κ2) is 18.5. The van der Waals surface area contributed by atoms with E-state index in [2.05, 4.69) is 27.7 Å². The number of hydrogen-bond donors (Lipinski definition) is 4. The Kier molecular flexibility index (Phi) is 15.5. The normalized spacial score (nSPS) is 17.7. The summed E-state index contributed by atoms with van der Waals surface area (Å²) in [6, 6.07) is 7.26. The molecule has 250 valence electrons. The highest BCUT2D eigenvalue weighted by Gasteiger charge is 2.27. The maximum absolute atomic E-state index is 13.1. The number of carbonyl (C=O) groups is 4. The smallest absolute Gasteiger partial charge is 0.256 e. The molecular formula is C35H54N4O6. The summed E-state index contributed by atoms with van der Waals surface area (Å²) in [5.41, 5.74) is 7.44. The Balaban J connectivity index is 2.00. The van der Waals surface area contributed by atoms with Crippen LogP contribution in [0.2, 0.25) is 0 Å². The molecule has 1 aliphatic carbocycles. The molecule has 4 amide bonds. The Bertz CT molecular complexity index is 1190. The lowest BCUT2D eigenvalue weighted by Crippen LogP contribution is -2.47. The summed E-state index contributed by atoms with van der Waals surface area (Å²) >= 11 is 0. The summed E-state index contributed by atoms with van der Waals surface area (Å²) in [7, 11) is 0. The van der Waals surface area contributed by atoms with Crippen molar-refractivity contribution in [1.82, 2.24) is 16.3 Å². The molecule has 10 heteroatoms. The third kappa shape index (κ3) is 14.0. The molecule has 10 nitrogen and oxygen atoms in total. The van der Waals surface area contributed by atoms with Gasteiger partial charge in [-0.15, -0.1) is 0 Å². The van der Waals surface area contributed by atoms with Gasteiger partial charge in [0, 0.05) is 18.5 Å². The number of nitrogens with one attached hydrogen (secondary N) is 4. The van der Waals surface area contributed by atoms with Gasteiger partial charge in [0.1, 0.15) is 0 Å². The summed E-state index contributed by atoms with van der Waals surface area (Å²) in [6.45, 7) is 17.8. The zero-order chi connectivity index (χ0) is 33.7. The third-order valence-corrected chi connectivity index (χ3v) is 7.06. The van der Waals surface area contributed by atoms with Gasteiger partial charge in [0.2, 0.25) is 11.8 Å². The van der Waals surface area contributed by atoms with Gasteiger partial charge >= 0.3 is 0 Å². The van der Waals surface area contributed by atoms with Crippen LogP contribution in [0.15, 0.2) is 42.5 Å². The fourth-order valence-corrected chi connectivity index (χ4v) is 4.80. The number of amides is 4. The highest BCUT2D eigenvalue weighted by atomic mass is 16.7. The summed E-state index contributed by atoms with van der Waals surface area (Å²) < 4.78 is 0. The average molecular weight is 627 g/mol. The van der Waals surface area contributed by atoms with Gasteiger partial charge in [0.15, 0.2) is 12.2 Å². The van der Waals surface area contributed by atoms with E-state index in [1.54, 1.807) is 0 Å². The van der Waals surface area contributed by atoms with Crippen LogP contribution in [0, 0.1) is 29.6 Å². The van der Waals surface area contributed by atoms with E-state index in [0.717, 1.165) is 11.1 Å². The molecule has 0 saturated carbocycles. The first-order valence-electron chi connectivity index (χ1n) is 16.1. The number of anilines is 1. The monoisotopic (exact) mass is 626 g/mol. The van der Waals surface area contributed by atoms with Crippen molar-refractivity contribution < 1.29 is 28.9 Å². The van der Waals surface area contributed by atoms with Gasteiger partial charge in [-0.25, -0.2) is 11.0 Å². The minimum absolute atomic E-state index is 0.00316. The van der Waals surface area contributed by atoms with Crippen molar-refractivity contribution in [2.45, 2.75) is 106 Å². The highest BCUT2D eigenvalue weighted by Crippen LogP contribution is 2.26. The van der Waals surface area contributed by atoms with Crippen LogP contribution in [-0.2, 0) is 28.9 Å². The third-order valence-electron chi connectivity index (χ3n) is 7.06. The van der Waals surface area contributed by atoms with Gasteiger partial charge in [-0.3, -0.25) is 28.9 Å². The quantitative estimate of drug-likeness (QED) is 0.164. The number of carbonyl (C=O) groups excluding carboxylic acids is 4. The predicted molar refractivity (Wildman–Crippen MR) is 177 cm³/mol. The van der Waals surface area contributed by atoms with E-state index in [1.165, 1.54) is 0 Å². The van der Waals surface area contributed by atoms with E-state index in [1.807, 2.05) is 98.7 Å². The van der Waals surface area contributed by atoms with E-state index in [4.69, 9.17) is 9.68 Å². The molecule has 0 radical (unpaired) electrons. The second-order valence-corrected chi connectivity index (χ2v) is 13.7. The van der Waals surface area contributed by atoms with Crippen molar-refractivity contribution >= 4 is 34.9 Å². The van der Waals surface area contributed by atoms with E-state index >= 15 is 0 Å². The van der Waals surface area contributed by atoms with Gasteiger partial charge in [-0.1, -0.05) is 92.7 Å². The van der Waals surface area contributed by atoms with Crippen molar-refractivity contribution in [2.75, 3.05) is 5.32 Å². The number of benzene rings is 1. The van der Waals surface area contributed by atoms with Gasteiger partial charge in [-0.05, 0) is 65.7 Å². The molecule has 0 aliphatic heterocycles. The maximum Gasteiger partial charge on any atom is 0.256 e. The van der Waals surface area contributed by atoms with Gasteiger partial charge in [-0.2, -0.15) is 0 Å². The molecule has 0 bridgehead atoms. The van der Waals surface area contributed by atoms with Gasteiger partial charge in [0.25, 0.3) is 11.8 Å². The first-order valence-corrected chi connectivity index (χ1v) is 16.1. The fraction of sp³-hybridized carbons (Fsp3) is 0.600. The number of rotatable bonds is 17. The van der Waals surface area contributed by atoms with Crippen LogP contribution in [0.4, 0.5) is 5.69 Å². The first kappa shape index (κ1) is 37.7. The molecule has 0 spiro atoms. The van der Waals surface area contributed by atoms with E-state index in [9.17, 15) is 19.2 Å². The molecule has 1 aromatic rings. The lowest BCUT2D eigenvalue weighted by atomic mass is 9.89. The van der Waals surface area contributed by atoms with Crippen molar-refractivity contribution in [1.29, 1.82) is 0 Å². The minimum Gasteiger partial charge on any atom is -0.347 e. The van der Waals surface area contributed by atoms with E-state index < -0.39 is 12.2 Å². The van der Waals surface area contributed by atoms with Crippen LogP contribution in [0.1, 0.15) is 93.6 Å². The minimum atomic E-state index is -0.820. The molecule has 0 fully saturated rings. The first-order chi connectivity index (χ1) is 21.1. The number of allylic oxidation sites excluding steroid dienone is 2. The molecule has 4 atom stereocenters. The predicted octanol–water partition coefficient (Wildman–Crippen LogP) is 5.72. The largest absolute Gasteiger partial charge is 0.347 e. The van der Waals surface area contributed by atoms with Crippen molar-refractivity contribution in [2.24, 2.45) is 29.6 Å². The van der Waals surface area contributed by atoms with Crippen LogP contribution < -0.4 is 21.6 Å². The summed E-state index contributed by atoms with van der Waals surface area (Å²) in [4.78, 5) is 61.3. The Labute approximate surface area is 269 Å². The van der Waals surface area contributed by atoms with Crippen molar-refractivity contribution in [3.8, 4) is 0 Å². The highest BCUT2D eigenvalue weighted by molar-refractivity contribution is 5.94. The summed E-state index contributed by atoms with van der Waals surface area (Å²) in [6.07, 6.45) is 5.97. The Morgan fingerprint density at radius 1 is 0.711 bits per heavy atom. The molecule has 0 heterocycles. The van der Waals surface area contributed by atoms with Gasteiger partial charge < -0.3 is 10.6 Å². The lowest BCUT2D eigenvalue weighted by Gasteiger charge is -2.27. The van der Waals surface area contributed by atoms with Crippen LogP contribution >= 0.6 is 0 Å². The molecule has 3 unspecified atom stereocenters. The molecule has 2 rings (SSSR count). The van der Waals surface area contributed by atoms with Gasteiger partial charge in [0.05, 0.1) is 6.04 Å². The average Bonchev–Trinajstić information content (AvgIpc) is 2.93. The fourth-order valence-electron chi connectivity index (χ4n) is 4.80. The number of hydrogen-bond acceptors (Lipinski definition) is 6.